The van der Waals surface area contributed by atoms with E-state index < -0.39 is 26.0 Å². The number of amidine groups is 1. The number of hydrogen-bond acceptors (Lipinski definition) is 8. The zero-order chi connectivity index (χ0) is 27.2. The van der Waals surface area contributed by atoms with E-state index in [0.29, 0.717) is 13.0 Å². The monoisotopic (exact) mass is 563 g/mol. The molecule has 5 aliphatic rings. The summed E-state index contributed by atoms with van der Waals surface area (Å²) in [5.41, 5.74) is 0.0619. The Morgan fingerprint density at radius 1 is 1.21 bits per heavy atom. The number of carbonyl (C=O) groups excluding carboxylic acids is 1. The first-order valence-electron chi connectivity index (χ1n) is 13.0. The highest BCUT2D eigenvalue weighted by Gasteiger charge is 2.48. The van der Waals surface area contributed by atoms with Gasteiger partial charge >= 0.3 is 0 Å². The number of nitrogens with zero attached hydrogens (tertiary/aromatic N) is 4. The van der Waals surface area contributed by atoms with Gasteiger partial charge in [-0.1, -0.05) is 37.8 Å². The normalized spacial score (nSPS) is 27.7. The molecule has 0 saturated heterocycles. The van der Waals surface area contributed by atoms with Gasteiger partial charge in [0.15, 0.2) is 5.84 Å². The molecule has 206 valence electrons. The molecule has 0 aromatic rings. The number of aliphatic hydroxyl groups excluding tert-OH is 1. The van der Waals surface area contributed by atoms with Crippen molar-refractivity contribution >= 4 is 37.5 Å². The van der Waals surface area contributed by atoms with Gasteiger partial charge in [0.05, 0.1) is 18.0 Å². The summed E-state index contributed by atoms with van der Waals surface area (Å²) in [5, 5.41) is 15.2. The number of carbonyl (C=O) groups is 1. The lowest BCUT2D eigenvalue weighted by molar-refractivity contribution is -0.166. The molecular weight excluding hydrogens is 530 g/mol. The standard InChI is InChI=1S/C25H33N5O6S2/c1-3-14-29(17-8-7-9-17)30-20-11-6-4-5-10-18(20)23(31)22(25(30)32)24-26-19-13-12-16(27-37(2,33)34)15-21(19)38(35,36)28-24/h3,12,15,17-18,20,27,31H,1,4-11,13-14H2,2H3. The zero-order valence-corrected chi connectivity index (χ0v) is 23.0. The average molecular weight is 564 g/mol. The molecule has 11 nitrogen and oxygen atoms in total. The van der Waals surface area contributed by atoms with Crippen LogP contribution in [0.25, 0.3) is 0 Å². The fourth-order valence-corrected chi connectivity index (χ4v) is 7.55. The minimum atomic E-state index is -4.31. The summed E-state index contributed by atoms with van der Waals surface area (Å²) in [6.07, 6.45) is 12.6. The molecule has 5 rings (SSSR count). The third kappa shape index (κ3) is 4.98. The van der Waals surface area contributed by atoms with E-state index in [1.165, 1.54) is 12.2 Å². The number of aliphatic imine (C=N–C) groups is 1. The molecule has 2 unspecified atom stereocenters. The lowest BCUT2D eigenvalue weighted by atomic mass is 9.84. The number of hydrazine groups is 1. The maximum absolute atomic E-state index is 14.1. The summed E-state index contributed by atoms with van der Waals surface area (Å²) in [6, 6.07) is -0.0649. The Balaban J connectivity index is 1.57. The van der Waals surface area contributed by atoms with Crippen molar-refractivity contribution < 1.29 is 26.7 Å². The second-order valence-electron chi connectivity index (χ2n) is 10.4. The molecular formula is C25H33N5O6S2. The van der Waals surface area contributed by atoms with Gasteiger partial charge in [0.1, 0.15) is 16.2 Å². The molecule has 2 heterocycles. The second-order valence-corrected chi connectivity index (χ2v) is 13.7. The van der Waals surface area contributed by atoms with Crippen molar-refractivity contribution in [1.82, 2.24) is 14.7 Å². The van der Waals surface area contributed by atoms with E-state index in [4.69, 9.17) is 0 Å². The van der Waals surface area contributed by atoms with Crippen LogP contribution in [0.2, 0.25) is 0 Å². The quantitative estimate of drug-likeness (QED) is 0.452. The van der Waals surface area contributed by atoms with Crippen molar-refractivity contribution in [3.8, 4) is 0 Å². The molecule has 0 aromatic carbocycles. The number of aliphatic hydroxyl groups is 1. The number of nitrogens with one attached hydrogen (secondary N) is 1. The van der Waals surface area contributed by atoms with Crippen molar-refractivity contribution in [3.05, 3.63) is 46.7 Å². The van der Waals surface area contributed by atoms with E-state index in [9.17, 15) is 26.7 Å². The Hall–Kier alpha value is -2.77. The fourth-order valence-electron chi connectivity index (χ4n) is 5.82. The van der Waals surface area contributed by atoms with Crippen LogP contribution in [-0.2, 0) is 24.8 Å². The van der Waals surface area contributed by atoms with Crippen LogP contribution < -0.4 is 4.72 Å². The van der Waals surface area contributed by atoms with Gasteiger partial charge in [-0.05, 0) is 31.8 Å². The van der Waals surface area contributed by atoms with Crippen LogP contribution in [0.3, 0.4) is 0 Å². The summed E-state index contributed by atoms with van der Waals surface area (Å²) in [6.45, 7) is 4.34. The Morgan fingerprint density at radius 3 is 2.61 bits per heavy atom. The molecule has 2 aliphatic heterocycles. The summed E-state index contributed by atoms with van der Waals surface area (Å²) in [4.78, 5) is 18.3. The average Bonchev–Trinajstić information content (AvgIpc) is 3.03. The van der Waals surface area contributed by atoms with Gasteiger partial charge in [-0.15, -0.1) is 11.0 Å². The van der Waals surface area contributed by atoms with Crippen LogP contribution >= 0.6 is 0 Å². The number of rotatable bonds is 7. The first-order valence-corrected chi connectivity index (χ1v) is 16.3. The third-order valence-electron chi connectivity index (χ3n) is 7.75. The van der Waals surface area contributed by atoms with Crippen molar-refractivity contribution in [1.29, 1.82) is 0 Å². The predicted molar refractivity (Wildman–Crippen MR) is 144 cm³/mol. The molecule has 2 fully saturated rings. The van der Waals surface area contributed by atoms with Crippen molar-refractivity contribution in [2.24, 2.45) is 15.3 Å². The zero-order valence-electron chi connectivity index (χ0n) is 21.3. The molecule has 1 amide bonds. The molecule has 0 aromatic heterocycles. The van der Waals surface area contributed by atoms with Gasteiger partial charge in [0.2, 0.25) is 10.0 Å². The van der Waals surface area contributed by atoms with Gasteiger partial charge < -0.3 is 5.11 Å². The number of allylic oxidation sites excluding steroid dienone is 3. The first-order chi connectivity index (χ1) is 18.0. The van der Waals surface area contributed by atoms with Crippen molar-refractivity contribution in [2.45, 2.75) is 69.9 Å². The highest BCUT2D eigenvalue weighted by molar-refractivity contribution is 7.95. The van der Waals surface area contributed by atoms with Gasteiger partial charge in [0, 0.05) is 30.6 Å². The first kappa shape index (κ1) is 26.8. The SMILES string of the molecule is C=CCN(C1CCC1)N1C(=O)C(C2=NS(=O)(=O)C3=CC(NS(C)(=O)=O)=CCC3=N2)=C(O)C2CCCCCC21. The minimum Gasteiger partial charge on any atom is -0.511 e. The van der Waals surface area contributed by atoms with Gasteiger partial charge in [-0.25, -0.2) is 18.4 Å². The minimum absolute atomic E-state index is 0.0185. The number of sulfonamides is 2. The van der Waals surface area contributed by atoms with Crippen LogP contribution in [0.1, 0.15) is 57.8 Å². The van der Waals surface area contributed by atoms with Crippen LogP contribution in [0.15, 0.2) is 56.1 Å². The highest BCUT2D eigenvalue weighted by atomic mass is 32.2. The summed E-state index contributed by atoms with van der Waals surface area (Å²) in [7, 11) is -7.93. The number of hydrogen-bond donors (Lipinski definition) is 2. The van der Waals surface area contributed by atoms with Crippen LogP contribution in [-0.4, -0.2) is 74.3 Å². The van der Waals surface area contributed by atoms with Crippen LogP contribution in [0.5, 0.6) is 0 Å². The lowest BCUT2D eigenvalue weighted by Gasteiger charge is -2.50. The number of fused-ring (bicyclic) bond motifs is 2. The molecule has 2 atom stereocenters. The Bertz CT molecular complexity index is 1420. The second kappa shape index (κ2) is 10.1. The van der Waals surface area contributed by atoms with Crippen LogP contribution in [0, 0.1) is 5.92 Å². The van der Waals surface area contributed by atoms with Crippen molar-refractivity contribution in [2.75, 3.05) is 12.8 Å². The molecule has 3 aliphatic carbocycles. The van der Waals surface area contributed by atoms with Gasteiger partial charge in [-0.2, -0.15) is 8.42 Å². The van der Waals surface area contributed by atoms with Crippen molar-refractivity contribution in [3.63, 3.8) is 0 Å². The van der Waals surface area contributed by atoms with Gasteiger partial charge in [-0.3, -0.25) is 14.5 Å². The van der Waals surface area contributed by atoms with Gasteiger partial charge in [0.25, 0.3) is 15.9 Å². The molecule has 0 bridgehead atoms. The summed E-state index contributed by atoms with van der Waals surface area (Å²) >= 11 is 0. The Morgan fingerprint density at radius 2 is 1.95 bits per heavy atom. The van der Waals surface area contributed by atoms with E-state index in [2.05, 4.69) is 20.7 Å². The third-order valence-corrected chi connectivity index (χ3v) is 9.68. The maximum atomic E-state index is 14.1. The Kier molecular flexibility index (Phi) is 7.12. The Labute approximate surface area is 223 Å². The molecule has 13 heteroatoms. The predicted octanol–water partition coefficient (Wildman–Crippen LogP) is 2.45. The highest BCUT2D eigenvalue weighted by Crippen LogP contribution is 2.41. The van der Waals surface area contributed by atoms with E-state index >= 15 is 0 Å². The molecule has 0 radical (unpaired) electrons. The number of amides is 1. The van der Waals surface area contributed by atoms with E-state index in [1.54, 1.807) is 11.1 Å². The lowest BCUT2D eigenvalue weighted by Crippen LogP contribution is -2.62. The molecule has 2 saturated carbocycles. The topological polar surface area (TPSA) is 149 Å². The summed E-state index contributed by atoms with van der Waals surface area (Å²) < 4.78 is 55.8. The van der Waals surface area contributed by atoms with Crippen LogP contribution in [0.4, 0.5) is 0 Å². The smallest absolute Gasteiger partial charge is 0.286 e. The fraction of sp³-hybridized carbons (Fsp3) is 0.560. The molecule has 38 heavy (non-hydrogen) atoms. The van der Waals surface area contributed by atoms with E-state index in [0.717, 1.165) is 51.2 Å². The summed E-state index contributed by atoms with van der Waals surface area (Å²) in [5.74, 6) is -1.33. The van der Waals surface area contributed by atoms with E-state index in [1.807, 2.05) is 5.01 Å². The maximum Gasteiger partial charge on any atom is 0.286 e. The molecule has 2 N–H and O–H groups in total. The largest absolute Gasteiger partial charge is 0.511 e. The van der Waals surface area contributed by atoms with E-state index in [-0.39, 0.29) is 57.9 Å². The molecule has 0 spiro atoms.